The fourth-order valence-corrected chi connectivity index (χ4v) is 5.46. The lowest BCUT2D eigenvalue weighted by Crippen LogP contribution is -2.59. The average molecular weight is 481 g/mol. The summed E-state index contributed by atoms with van der Waals surface area (Å²) in [6.07, 6.45) is -43.9. The first-order chi connectivity index (χ1) is 11.7. The van der Waals surface area contributed by atoms with Gasteiger partial charge in [0, 0.05) is 0 Å². The number of hydrogen-bond acceptors (Lipinski definition) is 0. The zero-order chi connectivity index (χ0) is 23.3. The van der Waals surface area contributed by atoms with E-state index in [0.29, 0.717) is 0 Å². The Balaban J connectivity index is 7.30. The van der Waals surface area contributed by atoms with Gasteiger partial charge in [-0.15, -0.1) is 0 Å². The molecule has 0 fully saturated rings. The minimum absolute atomic E-state index is 6.15. The van der Waals surface area contributed by atoms with Crippen molar-refractivity contribution in [1.82, 2.24) is 0 Å². The van der Waals surface area contributed by atoms with Crippen molar-refractivity contribution in [2.75, 3.05) is 0 Å². The molecule has 0 aliphatic carbocycles. The fourth-order valence-electron chi connectivity index (χ4n) is 2.19. The Hall–Kier alpha value is -1.04. The summed E-state index contributed by atoms with van der Waals surface area (Å²) in [6, 6.07) is 0. The van der Waals surface area contributed by atoms with Crippen molar-refractivity contribution in [2.45, 2.75) is 53.7 Å². The summed E-state index contributed by atoms with van der Waals surface area (Å²) in [7, 11) is -7.55. The van der Waals surface area contributed by atoms with E-state index in [9.17, 15) is 79.0 Å². The standard InChI is InChI=1S/C9H3F18Si/c10-4(11,12)1(5(13,14)15)28(2(6(16,17)18)7(19,20)21)3(8(22,23)24)9(25,26)27/h1-3H. The lowest BCUT2D eigenvalue weighted by atomic mass is 10.3. The third-order valence-corrected chi connectivity index (χ3v) is 6.93. The minimum Gasteiger partial charge on any atom is -0.171 e. The Labute approximate surface area is 143 Å². The van der Waals surface area contributed by atoms with Crippen molar-refractivity contribution in [2.24, 2.45) is 0 Å². The van der Waals surface area contributed by atoms with Crippen molar-refractivity contribution in [3.05, 3.63) is 0 Å². The average Bonchev–Trinajstić information content (AvgIpc) is 2.13. The lowest BCUT2D eigenvalue weighted by Gasteiger charge is -2.40. The van der Waals surface area contributed by atoms with Gasteiger partial charge in [-0.05, 0) is 0 Å². The van der Waals surface area contributed by atoms with E-state index in [1.807, 2.05) is 0 Å². The third kappa shape index (κ3) is 6.50. The molecule has 0 spiro atoms. The third-order valence-electron chi connectivity index (χ3n) is 2.96. The van der Waals surface area contributed by atoms with Gasteiger partial charge in [-0.2, -0.15) is 79.0 Å². The number of alkyl halides is 18. The van der Waals surface area contributed by atoms with E-state index in [2.05, 4.69) is 0 Å². The maximum Gasteiger partial charge on any atom is 0.397 e. The summed E-state index contributed by atoms with van der Waals surface area (Å²) in [5, 5.41) is 0. The highest BCUT2D eigenvalue weighted by molar-refractivity contribution is 6.65. The highest BCUT2D eigenvalue weighted by Gasteiger charge is 2.78. The number of hydrogen-bond donors (Lipinski definition) is 0. The van der Waals surface area contributed by atoms with Crippen molar-refractivity contribution in [3.63, 3.8) is 0 Å². The summed E-state index contributed by atoms with van der Waals surface area (Å²) in [5.74, 6) is 0. The van der Waals surface area contributed by atoms with Crippen LogP contribution in [0.15, 0.2) is 0 Å². The van der Waals surface area contributed by atoms with Gasteiger partial charge in [0.05, 0.1) is 0 Å². The van der Waals surface area contributed by atoms with Crippen molar-refractivity contribution >= 4 is 8.80 Å². The van der Waals surface area contributed by atoms with E-state index >= 15 is 0 Å². The molecule has 0 aromatic carbocycles. The number of rotatable bonds is 3. The summed E-state index contributed by atoms with van der Waals surface area (Å²) in [4.78, 5) is 0. The molecule has 19 heteroatoms. The van der Waals surface area contributed by atoms with Crippen LogP contribution in [0, 0.1) is 0 Å². The second-order valence-electron chi connectivity index (χ2n) is 5.05. The lowest BCUT2D eigenvalue weighted by molar-refractivity contribution is -0.260. The highest BCUT2D eigenvalue weighted by atomic mass is 28.3. The van der Waals surface area contributed by atoms with Crippen LogP contribution in [0.25, 0.3) is 0 Å². The topological polar surface area (TPSA) is 0 Å². The first-order valence-corrected chi connectivity index (χ1v) is 7.73. The maximum atomic E-state index is 12.6. The van der Waals surface area contributed by atoms with Gasteiger partial charge >= 0.3 is 37.1 Å². The van der Waals surface area contributed by atoms with Crippen LogP contribution in [0.1, 0.15) is 0 Å². The molecule has 0 rings (SSSR count). The van der Waals surface area contributed by atoms with Crippen LogP contribution in [0.4, 0.5) is 79.0 Å². The molecule has 0 aromatic heterocycles. The van der Waals surface area contributed by atoms with E-state index in [4.69, 9.17) is 0 Å². The Kier molecular flexibility index (Phi) is 7.06. The molecule has 0 aliphatic heterocycles. The molecule has 0 amide bonds. The Bertz CT molecular complexity index is 392. The molecular formula is C9H3F18Si. The molecule has 0 aliphatic rings. The summed E-state index contributed by atoms with van der Waals surface area (Å²) < 4.78 is 226. The number of halogens is 18. The van der Waals surface area contributed by atoms with E-state index in [0.717, 1.165) is 0 Å². The molecule has 0 heterocycles. The summed E-state index contributed by atoms with van der Waals surface area (Å²) >= 11 is 0. The zero-order valence-corrected chi connectivity index (χ0v) is 13.0. The molecule has 0 N–H and O–H groups in total. The van der Waals surface area contributed by atoms with Gasteiger partial charge in [0.15, 0.2) is 0 Å². The second-order valence-corrected chi connectivity index (χ2v) is 7.78. The first kappa shape index (κ1) is 27.0. The van der Waals surface area contributed by atoms with Crippen LogP contribution in [-0.2, 0) is 0 Å². The molecule has 0 aromatic rings. The predicted molar refractivity (Wildman–Crippen MR) is 53.3 cm³/mol. The van der Waals surface area contributed by atoms with Crippen LogP contribution in [0.5, 0.6) is 0 Å². The monoisotopic (exact) mass is 481 g/mol. The Morgan fingerprint density at radius 1 is 0.286 bits per heavy atom. The SMILES string of the molecule is FC(F)(F)C([Si](C(C(F)(F)F)C(F)(F)F)C(C(F)(F)F)C(F)(F)F)C(F)(F)F. The van der Waals surface area contributed by atoms with E-state index in [1.54, 1.807) is 0 Å². The smallest absolute Gasteiger partial charge is 0.171 e. The zero-order valence-electron chi connectivity index (χ0n) is 12.0. The highest BCUT2D eigenvalue weighted by Crippen LogP contribution is 2.63. The van der Waals surface area contributed by atoms with Crippen LogP contribution < -0.4 is 0 Å². The molecule has 0 nitrogen and oxygen atoms in total. The molecule has 0 unspecified atom stereocenters. The maximum absolute atomic E-state index is 12.6. The predicted octanol–water partition coefficient (Wildman–Crippen LogP) is 6.97. The molecule has 0 atom stereocenters. The Morgan fingerprint density at radius 2 is 0.393 bits per heavy atom. The van der Waals surface area contributed by atoms with Crippen molar-refractivity contribution in [3.8, 4) is 0 Å². The van der Waals surface area contributed by atoms with Crippen molar-refractivity contribution in [1.29, 1.82) is 0 Å². The molecule has 1 radical (unpaired) electrons. The first-order valence-electron chi connectivity index (χ1n) is 6.00. The second kappa shape index (κ2) is 7.33. The largest absolute Gasteiger partial charge is 0.397 e. The summed E-state index contributed by atoms with van der Waals surface area (Å²) in [6.45, 7) is 0. The van der Waals surface area contributed by atoms with Crippen molar-refractivity contribution < 1.29 is 79.0 Å². The van der Waals surface area contributed by atoms with Gasteiger partial charge in [-0.3, -0.25) is 0 Å². The fraction of sp³-hybridized carbons (Fsp3) is 1.00. The van der Waals surface area contributed by atoms with E-state index < -0.39 is 62.5 Å². The van der Waals surface area contributed by atoms with Gasteiger partial charge in [0.2, 0.25) is 0 Å². The minimum atomic E-state index is -7.55. The molecular weight excluding hydrogens is 478 g/mol. The van der Waals surface area contributed by atoms with Gasteiger partial charge in [-0.1, -0.05) is 0 Å². The van der Waals surface area contributed by atoms with E-state index in [1.165, 1.54) is 0 Å². The van der Waals surface area contributed by atoms with Gasteiger partial charge < -0.3 is 0 Å². The van der Waals surface area contributed by atoms with Crippen LogP contribution in [-0.4, -0.2) is 45.9 Å². The molecule has 0 saturated heterocycles. The van der Waals surface area contributed by atoms with Crippen LogP contribution in [0.2, 0.25) is 16.6 Å². The molecule has 28 heavy (non-hydrogen) atoms. The Morgan fingerprint density at radius 3 is 0.464 bits per heavy atom. The molecule has 0 saturated carbocycles. The summed E-state index contributed by atoms with van der Waals surface area (Å²) in [5.41, 5.74) is -18.4. The normalized spacial score (nSPS) is 16.1. The quantitative estimate of drug-likeness (QED) is 0.302. The van der Waals surface area contributed by atoms with Gasteiger partial charge in [0.25, 0.3) is 0 Å². The van der Waals surface area contributed by atoms with Crippen LogP contribution in [0.3, 0.4) is 0 Å². The van der Waals surface area contributed by atoms with Gasteiger partial charge in [0.1, 0.15) is 25.4 Å². The molecule has 169 valence electrons. The molecule has 0 bridgehead atoms. The van der Waals surface area contributed by atoms with Gasteiger partial charge in [-0.25, -0.2) is 0 Å². The van der Waals surface area contributed by atoms with E-state index in [-0.39, 0.29) is 0 Å². The van der Waals surface area contributed by atoms with Crippen LogP contribution >= 0.6 is 0 Å².